The molecule has 0 aromatic rings. The lowest BCUT2D eigenvalue weighted by Gasteiger charge is -2.39. The molecule has 1 aliphatic rings. The van der Waals surface area contributed by atoms with Crippen LogP contribution in [0, 0.1) is 11.8 Å². The van der Waals surface area contributed by atoms with Gasteiger partial charge in [-0.2, -0.15) is 0 Å². The van der Waals surface area contributed by atoms with Gasteiger partial charge in [0.15, 0.2) is 0 Å². The Balaban J connectivity index is 2.41. The number of nitrogens with zero attached hydrogens (tertiary/aromatic N) is 2. The fraction of sp³-hybridized carbons (Fsp3) is 0.933. The third-order valence-electron chi connectivity index (χ3n) is 4.03. The minimum absolute atomic E-state index is 0.270. The number of carboxylic acids is 1. The summed E-state index contributed by atoms with van der Waals surface area (Å²) in [6.07, 6.45) is 2.35. The van der Waals surface area contributed by atoms with Crippen LogP contribution in [0.2, 0.25) is 0 Å². The summed E-state index contributed by atoms with van der Waals surface area (Å²) in [5, 5.41) is 9.03. The largest absolute Gasteiger partial charge is 0.481 e. The van der Waals surface area contributed by atoms with Gasteiger partial charge in [-0.3, -0.25) is 9.69 Å². The first kappa shape index (κ1) is 16.4. The molecule has 1 aliphatic heterocycles. The van der Waals surface area contributed by atoms with Crippen molar-refractivity contribution in [2.45, 2.75) is 46.6 Å². The quantitative estimate of drug-likeness (QED) is 0.770. The second-order valence-electron chi connectivity index (χ2n) is 6.25. The Kier molecular flexibility index (Phi) is 6.80. The molecule has 0 aromatic heterocycles. The number of piperidine rings is 1. The second-order valence-corrected chi connectivity index (χ2v) is 6.25. The van der Waals surface area contributed by atoms with Crippen LogP contribution in [-0.4, -0.2) is 59.6 Å². The van der Waals surface area contributed by atoms with E-state index in [1.54, 1.807) is 6.92 Å². The van der Waals surface area contributed by atoms with Crippen LogP contribution in [-0.2, 0) is 4.79 Å². The zero-order chi connectivity index (χ0) is 14.4. The number of carboxylic acid groups (broad SMARTS) is 1. The minimum Gasteiger partial charge on any atom is -0.481 e. The summed E-state index contributed by atoms with van der Waals surface area (Å²) in [6.45, 7) is 13.6. The van der Waals surface area contributed by atoms with E-state index in [0.29, 0.717) is 12.6 Å². The summed E-state index contributed by atoms with van der Waals surface area (Å²) in [5.41, 5.74) is 0. The minimum atomic E-state index is -0.685. The molecule has 0 spiro atoms. The molecule has 1 N–H and O–H groups in total. The summed E-state index contributed by atoms with van der Waals surface area (Å²) in [6, 6.07) is 0.565. The van der Waals surface area contributed by atoms with Gasteiger partial charge >= 0.3 is 5.97 Å². The standard InChI is InChI=1S/C15H30N2O2/c1-5-17(11-13(4)15(18)19)14-6-8-16(9-7-14)10-12(2)3/h12-14H,5-11H2,1-4H3,(H,18,19). The predicted molar refractivity (Wildman–Crippen MR) is 78.3 cm³/mol. The fourth-order valence-corrected chi connectivity index (χ4v) is 2.95. The highest BCUT2D eigenvalue weighted by atomic mass is 16.4. The van der Waals surface area contributed by atoms with Crippen molar-refractivity contribution in [2.75, 3.05) is 32.7 Å². The van der Waals surface area contributed by atoms with E-state index in [-0.39, 0.29) is 5.92 Å². The maximum atomic E-state index is 11.0. The van der Waals surface area contributed by atoms with Gasteiger partial charge in [0.1, 0.15) is 0 Å². The van der Waals surface area contributed by atoms with Gasteiger partial charge in [-0.05, 0) is 38.4 Å². The molecule has 4 nitrogen and oxygen atoms in total. The Morgan fingerprint density at radius 1 is 1.32 bits per heavy atom. The lowest BCUT2D eigenvalue weighted by molar-refractivity contribution is -0.142. The van der Waals surface area contributed by atoms with Crippen LogP contribution in [0.25, 0.3) is 0 Å². The van der Waals surface area contributed by atoms with Crippen LogP contribution in [0.15, 0.2) is 0 Å². The van der Waals surface area contributed by atoms with Crippen molar-refractivity contribution in [3.05, 3.63) is 0 Å². The smallest absolute Gasteiger partial charge is 0.307 e. The Bertz CT molecular complexity index is 273. The molecule has 1 atom stereocenters. The molecule has 0 saturated carbocycles. The molecule has 0 aliphatic carbocycles. The van der Waals surface area contributed by atoms with Gasteiger partial charge in [0, 0.05) is 19.1 Å². The predicted octanol–water partition coefficient (Wildman–Crippen LogP) is 2.15. The molecule has 0 bridgehead atoms. The van der Waals surface area contributed by atoms with Gasteiger partial charge in [0.25, 0.3) is 0 Å². The van der Waals surface area contributed by atoms with Crippen LogP contribution < -0.4 is 0 Å². The third-order valence-corrected chi connectivity index (χ3v) is 4.03. The van der Waals surface area contributed by atoms with Crippen molar-refractivity contribution in [3.8, 4) is 0 Å². The summed E-state index contributed by atoms with van der Waals surface area (Å²) >= 11 is 0. The maximum absolute atomic E-state index is 11.0. The Morgan fingerprint density at radius 2 is 1.89 bits per heavy atom. The average Bonchev–Trinajstić information content (AvgIpc) is 2.36. The normalized spacial score (nSPS) is 20.1. The second kappa shape index (κ2) is 7.85. The van der Waals surface area contributed by atoms with Gasteiger partial charge < -0.3 is 10.0 Å². The van der Waals surface area contributed by atoms with Crippen molar-refractivity contribution >= 4 is 5.97 Å². The molecule has 1 rings (SSSR count). The zero-order valence-electron chi connectivity index (χ0n) is 12.9. The highest BCUT2D eigenvalue weighted by Gasteiger charge is 2.26. The van der Waals surface area contributed by atoms with Crippen molar-refractivity contribution in [1.29, 1.82) is 0 Å². The number of hydrogen-bond donors (Lipinski definition) is 1. The van der Waals surface area contributed by atoms with Crippen molar-refractivity contribution < 1.29 is 9.90 Å². The Hall–Kier alpha value is -0.610. The monoisotopic (exact) mass is 270 g/mol. The van der Waals surface area contributed by atoms with Crippen molar-refractivity contribution in [2.24, 2.45) is 11.8 Å². The van der Waals surface area contributed by atoms with E-state index in [2.05, 4.69) is 30.6 Å². The summed E-state index contributed by atoms with van der Waals surface area (Å²) in [7, 11) is 0. The van der Waals surface area contributed by atoms with E-state index < -0.39 is 5.97 Å². The number of rotatable bonds is 7. The lowest BCUT2D eigenvalue weighted by atomic mass is 10.0. The van der Waals surface area contributed by atoms with Crippen molar-refractivity contribution in [3.63, 3.8) is 0 Å². The molecule has 1 fully saturated rings. The van der Waals surface area contributed by atoms with E-state index in [1.807, 2.05) is 0 Å². The molecule has 4 heteroatoms. The first-order valence-electron chi connectivity index (χ1n) is 7.63. The average molecular weight is 270 g/mol. The first-order valence-corrected chi connectivity index (χ1v) is 7.63. The highest BCUT2D eigenvalue weighted by Crippen LogP contribution is 2.18. The van der Waals surface area contributed by atoms with Crippen LogP contribution in [0.5, 0.6) is 0 Å². The number of likely N-dealkylation sites (tertiary alicyclic amines) is 1. The van der Waals surface area contributed by atoms with E-state index in [4.69, 9.17) is 5.11 Å². The van der Waals surface area contributed by atoms with E-state index in [1.165, 1.54) is 19.4 Å². The number of carbonyl (C=O) groups is 1. The summed E-state index contributed by atoms with van der Waals surface area (Å²) < 4.78 is 0. The van der Waals surface area contributed by atoms with Crippen LogP contribution in [0.1, 0.15) is 40.5 Å². The molecule has 112 valence electrons. The van der Waals surface area contributed by atoms with Gasteiger partial charge in [-0.15, -0.1) is 0 Å². The van der Waals surface area contributed by atoms with E-state index in [9.17, 15) is 4.79 Å². The molecule has 1 heterocycles. The first-order chi connectivity index (χ1) is 8.93. The molecule has 0 amide bonds. The molecular formula is C15H30N2O2. The van der Waals surface area contributed by atoms with E-state index >= 15 is 0 Å². The Labute approximate surface area is 117 Å². The molecule has 1 unspecified atom stereocenters. The van der Waals surface area contributed by atoms with Gasteiger partial charge in [0.2, 0.25) is 0 Å². The lowest BCUT2D eigenvalue weighted by Crippen LogP contribution is -2.47. The summed E-state index contributed by atoms with van der Waals surface area (Å²) in [4.78, 5) is 15.9. The van der Waals surface area contributed by atoms with E-state index in [0.717, 1.165) is 25.6 Å². The molecule has 19 heavy (non-hydrogen) atoms. The fourth-order valence-electron chi connectivity index (χ4n) is 2.95. The molecule has 1 saturated heterocycles. The highest BCUT2D eigenvalue weighted by molar-refractivity contribution is 5.69. The number of aliphatic carboxylic acids is 1. The SMILES string of the molecule is CCN(CC(C)C(=O)O)C1CCN(CC(C)C)CC1. The van der Waals surface area contributed by atoms with Gasteiger partial charge in [-0.1, -0.05) is 27.7 Å². The van der Waals surface area contributed by atoms with Gasteiger partial charge in [0.05, 0.1) is 5.92 Å². The van der Waals surface area contributed by atoms with Crippen molar-refractivity contribution in [1.82, 2.24) is 9.80 Å². The van der Waals surface area contributed by atoms with Crippen LogP contribution >= 0.6 is 0 Å². The topological polar surface area (TPSA) is 43.8 Å². The molecule has 0 aromatic carbocycles. The maximum Gasteiger partial charge on any atom is 0.307 e. The Morgan fingerprint density at radius 3 is 2.32 bits per heavy atom. The molecular weight excluding hydrogens is 240 g/mol. The van der Waals surface area contributed by atoms with Crippen LogP contribution in [0.4, 0.5) is 0 Å². The molecule has 0 radical (unpaired) electrons. The zero-order valence-corrected chi connectivity index (χ0v) is 12.9. The van der Waals surface area contributed by atoms with Gasteiger partial charge in [-0.25, -0.2) is 0 Å². The number of hydrogen-bond acceptors (Lipinski definition) is 3. The third kappa shape index (κ3) is 5.49. The summed E-state index contributed by atoms with van der Waals surface area (Å²) in [5.74, 6) is -0.227. The van der Waals surface area contributed by atoms with Crippen LogP contribution in [0.3, 0.4) is 0 Å².